The van der Waals surface area contributed by atoms with Crippen molar-refractivity contribution in [2.24, 2.45) is 0 Å². The molecule has 0 unspecified atom stereocenters. The summed E-state index contributed by atoms with van der Waals surface area (Å²) in [5.41, 5.74) is 1.55. The summed E-state index contributed by atoms with van der Waals surface area (Å²) in [4.78, 5) is 29.5. The SMILES string of the molecule is COC(=O)C1=C(C(=O)OC)N(c2cc(OC)cc3cc[nH]c23)C=CC=C1. The fourth-order valence-corrected chi connectivity index (χ4v) is 2.78. The van der Waals surface area contributed by atoms with Gasteiger partial charge in [-0.15, -0.1) is 0 Å². The van der Waals surface area contributed by atoms with E-state index in [1.54, 1.807) is 42.6 Å². The highest BCUT2D eigenvalue weighted by Gasteiger charge is 2.28. The van der Waals surface area contributed by atoms with Gasteiger partial charge in [-0.3, -0.25) is 0 Å². The van der Waals surface area contributed by atoms with Crippen molar-refractivity contribution in [3.05, 3.63) is 60.1 Å². The van der Waals surface area contributed by atoms with Gasteiger partial charge in [0.25, 0.3) is 0 Å². The number of methoxy groups -OCH3 is 3. The molecule has 0 radical (unpaired) electrons. The number of H-pyrrole nitrogens is 1. The van der Waals surface area contributed by atoms with Crippen LogP contribution in [0.1, 0.15) is 0 Å². The van der Waals surface area contributed by atoms with Crippen molar-refractivity contribution in [2.75, 3.05) is 26.2 Å². The molecule has 0 saturated carbocycles. The zero-order valence-corrected chi connectivity index (χ0v) is 14.6. The summed E-state index contributed by atoms with van der Waals surface area (Å²) in [6.45, 7) is 0. The van der Waals surface area contributed by atoms with Crippen LogP contribution in [0.15, 0.2) is 60.1 Å². The molecule has 1 aromatic carbocycles. The third-order valence-corrected chi connectivity index (χ3v) is 4.00. The van der Waals surface area contributed by atoms with Crippen molar-refractivity contribution in [3.8, 4) is 5.75 Å². The summed E-state index contributed by atoms with van der Waals surface area (Å²) in [7, 11) is 4.08. The molecule has 0 spiro atoms. The van der Waals surface area contributed by atoms with Gasteiger partial charge in [-0.2, -0.15) is 0 Å². The third-order valence-electron chi connectivity index (χ3n) is 4.00. The summed E-state index contributed by atoms with van der Waals surface area (Å²) >= 11 is 0. The molecular formula is C19H18N2O5. The van der Waals surface area contributed by atoms with E-state index in [2.05, 4.69) is 4.98 Å². The van der Waals surface area contributed by atoms with Gasteiger partial charge in [0.2, 0.25) is 0 Å². The van der Waals surface area contributed by atoms with Gasteiger partial charge in [0.05, 0.1) is 38.1 Å². The van der Waals surface area contributed by atoms with E-state index in [9.17, 15) is 9.59 Å². The number of hydrogen-bond donors (Lipinski definition) is 1. The number of carbonyl (C=O) groups is 2. The van der Waals surface area contributed by atoms with Crippen LogP contribution in [0, 0.1) is 0 Å². The number of aromatic nitrogens is 1. The highest BCUT2D eigenvalue weighted by atomic mass is 16.5. The van der Waals surface area contributed by atoms with Crippen LogP contribution in [0.3, 0.4) is 0 Å². The lowest BCUT2D eigenvalue weighted by molar-refractivity contribution is -0.139. The quantitative estimate of drug-likeness (QED) is 0.850. The average Bonchev–Trinajstić information content (AvgIpc) is 3.04. The van der Waals surface area contributed by atoms with Crippen molar-refractivity contribution in [2.45, 2.75) is 0 Å². The maximum atomic E-state index is 12.5. The number of aromatic amines is 1. The molecule has 26 heavy (non-hydrogen) atoms. The fourth-order valence-electron chi connectivity index (χ4n) is 2.78. The van der Waals surface area contributed by atoms with Gasteiger partial charge in [-0.25, -0.2) is 9.59 Å². The van der Waals surface area contributed by atoms with Crippen LogP contribution in [0.4, 0.5) is 5.69 Å². The molecule has 1 aliphatic heterocycles. The van der Waals surface area contributed by atoms with E-state index in [1.807, 2.05) is 12.1 Å². The Morgan fingerprint density at radius 2 is 1.81 bits per heavy atom. The summed E-state index contributed by atoms with van der Waals surface area (Å²) < 4.78 is 15.1. The first-order chi connectivity index (χ1) is 12.6. The van der Waals surface area contributed by atoms with E-state index in [0.29, 0.717) is 11.4 Å². The first kappa shape index (κ1) is 17.3. The van der Waals surface area contributed by atoms with E-state index in [1.165, 1.54) is 20.3 Å². The number of rotatable bonds is 4. The number of esters is 2. The van der Waals surface area contributed by atoms with E-state index in [-0.39, 0.29) is 11.3 Å². The zero-order valence-electron chi connectivity index (χ0n) is 14.6. The predicted octanol–water partition coefficient (Wildman–Crippen LogP) is 2.67. The second kappa shape index (κ2) is 7.18. The Kier molecular flexibility index (Phi) is 4.79. The Bertz CT molecular complexity index is 952. The van der Waals surface area contributed by atoms with Crippen LogP contribution in [-0.2, 0) is 19.1 Å². The fraction of sp³-hybridized carbons (Fsp3) is 0.158. The first-order valence-electron chi connectivity index (χ1n) is 7.80. The molecule has 0 aliphatic carbocycles. The van der Waals surface area contributed by atoms with Gasteiger partial charge in [0.15, 0.2) is 0 Å². The zero-order chi connectivity index (χ0) is 18.7. The van der Waals surface area contributed by atoms with Crippen LogP contribution < -0.4 is 9.64 Å². The number of allylic oxidation sites excluding steroid dienone is 2. The number of nitrogens with one attached hydrogen (secondary N) is 1. The summed E-state index contributed by atoms with van der Waals surface area (Å²) in [5.74, 6) is -0.688. The van der Waals surface area contributed by atoms with E-state index >= 15 is 0 Å². The number of hydrogen-bond acceptors (Lipinski definition) is 6. The molecule has 3 rings (SSSR count). The minimum absolute atomic E-state index is 0.0495. The van der Waals surface area contributed by atoms with Crippen LogP contribution in [0.2, 0.25) is 0 Å². The first-order valence-corrected chi connectivity index (χ1v) is 7.80. The molecular weight excluding hydrogens is 336 g/mol. The molecule has 7 heteroatoms. The smallest absolute Gasteiger partial charge is 0.355 e. The molecule has 1 aromatic heterocycles. The number of carbonyl (C=O) groups excluding carboxylic acids is 2. The lowest BCUT2D eigenvalue weighted by Gasteiger charge is -2.24. The third kappa shape index (κ3) is 2.95. The van der Waals surface area contributed by atoms with Crippen molar-refractivity contribution in [1.82, 2.24) is 4.98 Å². The normalized spacial score (nSPS) is 13.7. The Morgan fingerprint density at radius 3 is 2.50 bits per heavy atom. The molecule has 0 saturated heterocycles. The lowest BCUT2D eigenvalue weighted by atomic mass is 10.1. The molecule has 2 aromatic rings. The summed E-state index contributed by atoms with van der Waals surface area (Å²) in [5, 5.41) is 0.897. The van der Waals surface area contributed by atoms with Gasteiger partial charge in [-0.1, -0.05) is 6.08 Å². The van der Waals surface area contributed by atoms with Gasteiger partial charge in [0, 0.05) is 23.8 Å². The predicted molar refractivity (Wildman–Crippen MR) is 96.7 cm³/mol. The minimum Gasteiger partial charge on any atom is -0.497 e. The van der Waals surface area contributed by atoms with E-state index in [4.69, 9.17) is 14.2 Å². The average molecular weight is 354 g/mol. The number of benzene rings is 1. The second-order valence-corrected chi connectivity index (χ2v) is 5.40. The number of anilines is 1. The summed E-state index contributed by atoms with van der Waals surface area (Å²) in [6.07, 6.45) is 8.35. The highest BCUT2D eigenvalue weighted by molar-refractivity contribution is 6.07. The summed E-state index contributed by atoms with van der Waals surface area (Å²) in [6, 6.07) is 5.54. The topological polar surface area (TPSA) is 80.9 Å². The number of ether oxygens (including phenoxy) is 3. The van der Waals surface area contributed by atoms with Gasteiger partial charge < -0.3 is 24.1 Å². The van der Waals surface area contributed by atoms with E-state index < -0.39 is 11.9 Å². The van der Waals surface area contributed by atoms with Crippen molar-refractivity contribution in [1.29, 1.82) is 0 Å². The van der Waals surface area contributed by atoms with Gasteiger partial charge in [0.1, 0.15) is 11.4 Å². The molecule has 0 bridgehead atoms. The van der Waals surface area contributed by atoms with Crippen molar-refractivity contribution in [3.63, 3.8) is 0 Å². The molecule has 1 aliphatic rings. The maximum Gasteiger partial charge on any atom is 0.355 e. The largest absolute Gasteiger partial charge is 0.497 e. The molecule has 2 heterocycles. The van der Waals surface area contributed by atoms with Crippen LogP contribution in [-0.4, -0.2) is 38.3 Å². The Balaban J connectivity index is 2.29. The van der Waals surface area contributed by atoms with Gasteiger partial charge >= 0.3 is 11.9 Å². The molecule has 7 nitrogen and oxygen atoms in total. The lowest BCUT2D eigenvalue weighted by Crippen LogP contribution is -2.27. The highest BCUT2D eigenvalue weighted by Crippen LogP contribution is 2.35. The van der Waals surface area contributed by atoms with Crippen LogP contribution in [0.5, 0.6) is 5.75 Å². The molecule has 0 fully saturated rings. The number of nitrogens with zero attached hydrogens (tertiary/aromatic N) is 1. The molecule has 134 valence electrons. The van der Waals surface area contributed by atoms with Gasteiger partial charge in [-0.05, 0) is 24.3 Å². The van der Waals surface area contributed by atoms with Crippen molar-refractivity contribution < 1.29 is 23.8 Å². The molecule has 1 N–H and O–H groups in total. The number of fused-ring (bicyclic) bond motifs is 1. The van der Waals surface area contributed by atoms with Crippen molar-refractivity contribution >= 4 is 28.5 Å². The van der Waals surface area contributed by atoms with Crippen LogP contribution >= 0.6 is 0 Å². The molecule has 0 amide bonds. The molecule has 0 atom stereocenters. The Labute approximate surface area is 150 Å². The maximum absolute atomic E-state index is 12.5. The minimum atomic E-state index is -0.663. The second-order valence-electron chi connectivity index (χ2n) is 5.40. The standard InChI is InChI=1S/C19H18N2O5/c1-24-13-10-12-7-8-20-16(12)15(11-13)21-9-5-4-6-14(18(22)25-2)17(21)19(23)26-3/h4-11,20H,1-3H3. The van der Waals surface area contributed by atoms with E-state index in [0.717, 1.165) is 10.9 Å². The Morgan fingerprint density at radius 1 is 1.04 bits per heavy atom. The van der Waals surface area contributed by atoms with Crippen LogP contribution in [0.25, 0.3) is 10.9 Å². The monoisotopic (exact) mass is 354 g/mol. The Hall–Kier alpha value is -3.48.